The quantitative estimate of drug-likeness (QED) is 0.0485. The smallest absolute Gasteiger partial charge is 0.341 e. The van der Waals surface area contributed by atoms with Crippen LogP contribution >= 0.6 is 0 Å². The lowest BCUT2D eigenvalue weighted by Gasteiger charge is -2.27. The summed E-state index contributed by atoms with van der Waals surface area (Å²) in [4.78, 5) is 68.9. The minimum Gasteiger partial charge on any atom is -0.477 e. The van der Waals surface area contributed by atoms with E-state index in [1.165, 1.54) is 23.1 Å². The Balaban J connectivity index is 0.000000139. The number of nitrogen functional groups attached to an aromatic ring is 1. The van der Waals surface area contributed by atoms with Crippen LogP contribution in [0.15, 0.2) is 74.0 Å². The van der Waals surface area contributed by atoms with Gasteiger partial charge in [-0.25, -0.2) is 33.3 Å². The number of aliphatic hydroxyl groups excluding tert-OH is 2. The van der Waals surface area contributed by atoms with Gasteiger partial charge < -0.3 is 80.7 Å². The molecule has 2 amide bonds. The van der Waals surface area contributed by atoms with Crippen LogP contribution in [0, 0.1) is 17.8 Å². The third-order valence-corrected chi connectivity index (χ3v) is 20.5. The molecular formula is C72H99N21O13. The molecule has 0 atom stereocenters. The molecule has 0 radical (unpaired) electrons. The van der Waals surface area contributed by atoms with Gasteiger partial charge in [0.15, 0.2) is 16.9 Å². The van der Waals surface area contributed by atoms with E-state index in [2.05, 4.69) is 60.9 Å². The van der Waals surface area contributed by atoms with E-state index >= 15 is 0 Å². The van der Waals surface area contributed by atoms with Crippen molar-refractivity contribution >= 4 is 75.5 Å². The number of carbonyl (C=O) groups excluding carboxylic acids is 3. The van der Waals surface area contributed by atoms with Gasteiger partial charge in [0.05, 0.1) is 93.4 Å². The monoisotopic (exact) mass is 1470 g/mol. The number of carbonyl (C=O) groups is 4. The van der Waals surface area contributed by atoms with Crippen molar-refractivity contribution in [2.24, 2.45) is 17.8 Å². The van der Waals surface area contributed by atoms with Crippen molar-refractivity contribution in [3.63, 3.8) is 0 Å². The third-order valence-electron chi connectivity index (χ3n) is 20.5. The van der Waals surface area contributed by atoms with Crippen molar-refractivity contribution in [2.75, 3.05) is 123 Å². The lowest BCUT2D eigenvalue weighted by atomic mass is 9.87. The number of hydrogen-bond donors (Lipinski definition) is 9. The van der Waals surface area contributed by atoms with E-state index in [-0.39, 0.29) is 48.6 Å². The standard InChI is InChI=1S/C24H33N7O4.C24H31N7O4.C13H23N3O2.C11H12N4O3/c2*1-24(2,34)21-19(14-31(28-21)17-5-3-16(15-32)4-6-17)26-23(33)18-13-25-30-8-7-20(27-22(18)30)29-9-11-35-12-10-29;1-13(2,18)12-11(14)7-16(15-12)10-5-3-9(8-17)4-6-10;16-11(17)8-7-12-15-2-1-9(13-10(8)15)14-3-5-18-6-4-14/h7-8,13-14,16-17,32,34H,3-6,9-12,15H2,1-2H3,(H,26,33);7-8,13-17,34H,3-6,9-12H2,1-2H3,(H,26,33);7,9-10,17-18H,3-6,8,14H2,1-2H3;1-2,7H,3-6H2,(H,16,17). The molecule has 12 heterocycles. The predicted octanol–water partition coefficient (Wildman–Crippen LogP) is 5.82. The normalized spacial score (nSPS) is 21.1. The van der Waals surface area contributed by atoms with Gasteiger partial charge in [0, 0.05) is 95.6 Å². The number of aromatic nitrogens is 15. The van der Waals surface area contributed by atoms with Gasteiger partial charge in [-0.1, -0.05) is 0 Å². The molecule has 570 valence electrons. The molecule has 34 heteroatoms. The highest BCUT2D eigenvalue weighted by molar-refractivity contribution is 6.09. The Morgan fingerprint density at radius 1 is 0.491 bits per heavy atom. The Morgan fingerprint density at radius 3 is 1.13 bits per heavy atom. The fraction of sp³-hybridized carbons (Fsp3) is 0.569. The summed E-state index contributed by atoms with van der Waals surface area (Å²) in [6.45, 7) is 18.9. The van der Waals surface area contributed by atoms with Crippen LogP contribution in [-0.2, 0) is 35.8 Å². The fourth-order valence-electron chi connectivity index (χ4n) is 14.3. The molecule has 6 aliphatic rings. The maximum absolute atomic E-state index is 13.3. The molecule has 15 rings (SSSR count). The fourth-order valence-corrected chi connectivity index (χ4v) is 14.3. The number of ether oxygens (including phenoxy) is 3. The number of anilines is 6. The molecule has 0 spiro atoms. The summed E-state index contributed by atoms with van der Waals surface area (Å²) in [5, 5.41) is 91.2. The van der Waals surface area contributed by atoms with Gasteiger partial charge in [0.2, 0.25) is 0 Å². The first kappa shape index (κ1) is 76.1. The van der Waals surface area contributed by atoms with Crippen LogP contribution < -0.4 is 31.1 Å². The molecule has 9 aromatic rings. The number of fused-ring (bicyclic) bond motifs is 3. The van der Waals surface area contributed by atoms with Crippen molar-refractivity contribution < 1.29 is 64.0 Å². The summed E-state index contributed by atoms with van der Waals surface area (Å²) in [6, 6.07) is 6.22. The molecule has 9 aromatic heterocycles. The highest BCUT2D eigenvalue weighted by Crippen LogP contribution is 2.38. The lowest BCUT2D eigenvalue weighted by Crippen LogP contribution is -2.36. The van der Waals surface area contributed by atoms with Gasteiger partial charge in [-0.3, -0.25) is 23.6 Å². The summed E-state index contributed by atoms with van der Waals surface area (Å²) < 4.78 is 26.3. The number of aromatic carboxylic acids is 1. The average Bonchev–Trinajstić information content (AvgIpc) is 1.60. The van der Waals surface area contributed by atoms with Gasteiger partial charge in [-0.2, -0.15) is 30.6 Å². The molecule has 0 bridgehead atoms. The van der Waals surface area contributed by atoms with Gasteiger partial charge in [0.25, 0.3) is 11.8 Å². The minimum absolute atomic E-state index is 0.0974. The number of nitrogens with two attached hydrogens (primary N) is 1. The molecule has 0 unspecified atom stereocenters. The zero-order chi connectivity index (χ0) is 75.0. The van der Waals surface area contributed by atoms with Crippen LogP contribution in [0.1, 0.15) is 185 Å². The zero-order valence-corrected chi connectivity index (χ0v) is 61.0. The highest BCUT2D eigenvalue weighted by Gasteiger charge is 2.34. The first-order valence-corrected chi connectivity index (χ1v) is 36.6. The molecular weight excluding hydrogens is 1370 g/mol. The number of carboxylic acid groups (broad SMARTS) is 1. The number of hydrogen-bond acceptors (Lipinski definition) is 25. The van der Waals surface area contributed by atoms with Crippen molar-refractivity contribution in [1.29, 1.82) is 0 Å². The van der Waals surface area contributed by atoms with E-state index in [4.69, 9.17) is 40.1 Å². The number of carboxylic acids is 1. The number of nitrogens with one attached hydrogen (secondary N) is 2. The van der Waals surface area contributed by atoms with E-state index < -0.39 is 22.8 Å². The molecule has 3 saturated carbocycles. The summed E-state index contributed by atoms with van der Waals surface area (Å²) in [7, 11) is 0. The van der Waals surface area contributed by atoms with Crippen LogP contribution in [0.3, 0.4) is 0 Å². The average molecular weight is 1470 g/mol. The maximum atomic E-state index is 13.3. The number of nitrogens with zero attached hydrogens (tertiary/aromatic N) is 18. The number of rotatable bonds is 17. The zero-order valence-electron chi connectivity index (χ0n) is 61.0. The molecule has 10 N–H and O–H groups in total. The molecule has 106 heavy (non-hydrogen) atoms. The Morgan fingerprint density at radius 2 is 0.811 bits per heavy atom. The molecule has 3 aliphatic heterocycles. The van der Waals surface area contributed by atoms with E-state index in [0.717, 1.165) is 140 Å². The molecule has 3 saturated heterocycles. The second-order valence-electron chi connectivity index (χ2n) is 29.6. The number of aliphatic hydroxyl groups is 5. The predicted molar refractivity (Wildman–Crippen MR) is 391 cm³/mol. The van der Waals surface area contributed by atoms with E-state index in [1.54, 1.807) is 81.6 Å². The lowest BCUT2D eigenvalue weighted by molar-refractivity contribution is -0.112. The number of aldehydes is 1. The Bertz CT molecular complexity index is 4460. The van der Waals surface area contributed by atoms with Gasteiger partial charge in [0.1, 0.15) is 74.3 Å². The van der Waals surface area contributed by atoms with Crippen molar-refractivity contribution in [3.8, 4) is 0 Å². The summed E-state index contributed by atoms with van der Waals surface area (Å²) in [6.07, 6.45) is 27.1. The SMILES string of the molecule is CC(C)(O)c1nn(C2CCC(C=O)CC2)cc1NC(=O)c1cnn2ccc(N3CCOCC3)nc12.CC(C)(O)c1nn(C2CCC(CO)CC2)cc1N.CC(C)(O)c1nn(C2CCC(CO)CC2)cc1NC(=O)c1cnn2ccc(N3CCOCC3)nc12.O=C(O)c1cnn2ccc(N3CCOCC3)nc12. The van der Waals surface area contributed by atoms with E-state index in [1.807, 2.05) is 38.4 Å². The third kappa shape index (κ3) is 17.9. The second-order valence-corrected chi connectivity index (χ2v) is 29.6. The van der Waals surface area contributed by atoms with Crippen LogP contribution in [-0.4, -0.2) is 220 Å². The van der Waals surface area contributed by atoms with E-state index in [0.29, 0.717) is 120 Å². The van der Waals surface area contributed by atoms with Crippen LogP contribution in [0.5, 0.6) is 0 Å². The first-order valence-electron chi connectivity index (χ1n) is 36.6. The van der Waals surface area contributed by atoms with Crippen LogP contribution in [0.4, 0.5) is 34.5 Å². The van der Waals surface area contributed by atoms with Crippen LogP contribution in [0.2, 0.25) is 0 Å². The van der Waals surface area contributed by atoms with Gasteiger partial charge in [-0.05, 0) is 149 Å². The molecule has 3 aliphatic carbocycles. The Labute approximate surface area is 612 Å². The van der Waals surface area contributed by atoms with E-state index in [9.17, 15) is 39.6 Å². The maximum Gasteiger partial charge on any atom is 0.341 e. The Kier molecular flexibility index (Phi) is 23.7. The highest BCUT2D eigenvalue weighted by atomic mass is 16.5. The van der Waals surface area contributed by atoms with Gasteiger partial charge in [-0.15, -0.1) is 0 Å². The molecule has 34 nitrogen and oxygen atoms in total. The summed E-state index contributed by atoms with van der Waals surface area (Å²) in [5.74, 6) is 1.42. The number of morpholine rings is 3. The summed E-state index contributed by atoms with van der Waals surface area (Å²) >= 11 is 0. The van der Waals surface area contributed by atoms with Crippen molar-refractivity contribution in [1.82, 2.24) is 73.1 Å². The first-order chi connectivity index (χ1) is 50.8. The van der Waals surface area contributed by atoms with Crippen molar-refractivity contribution in [3.05, 3.63) is 108 Å². The largest absolute Gasteiger partial charge is 0.477 e. The topological polar surface area (TPSA) is 421 Å². The Hall–Kier alpha value is -9.55. The molecule has 0 aromatic carbocycles. The van der Waals surface area contributed by atoms with Gasteiger partial charge >= 0.3 is 5.97 Å². The molecule has 6 fully saturated rings. The van der Waals surface area contributed by atoms with Crippen molar-refractivity contribution in [2.45, 2.75) is 154 Å². The second kappa shape index (κ2) is 33.1. The number of amides is 2. The summed E-state index contributed by atoms with van der Waals surface area (Å²) in [5.41, 5.74) is 7.31. The van der Waals surface area contributed by atoms with Crippen LogP contribution in [0.25, 0.3) is 16.9 Å². The minimum atomic E-state index is -1.25.